The number of benzene rings is 1. The molecule has 3 rings (SSSR count). The molecule has 0 fully saturated rings. The molecule has 3 N–H and O–H groups in total. The number of fused-ring (bicyclic) bond motifs is 1. The van der Waals surface area contributed by atoms with E-state index in [9.17, 15) is 5.11 Å². The Morgan fingerprint density at radius 2 is 2.15 bits per heavy atom. The Hall–Kier alpha value is -3.14. The Bertz CT molecular complexity index is 861. The van der Waals surface area contributed by atoms with E-state index in [1.165, 1.54) is 12.4 Å². The molecule has 2 aromatic heterocycles. The third-order valence-electron chi connectivity index (χ3n) is 3.04. The van der Waals surface area contributed by atoms with Crippen LogP contribution < -0.4 is 5.73 Å². The number of nitriles is 1. The summed E-state index contributed by atoms with van der Waals surface area (Å²) in [5.74, 6) is 0.255. The average Bonchev–Trinajstić information content (AvgIpc) is 2.78. The van der Waals surface area contributed by atoms with Gasteiger partial charge in [-0.1, -0.05) is 0 Å². The smallest absolute Gasteiger partial charge is 0.163 e. The van der Waals surface area contributed by atoms with Crippen molar-refractivity contribution in [3.63, 3.8) is 0 Å². The largest absolute Gasteiger partial charge is 0.507 e. The van der Waals surface area contributed by atoms with Crippen LogP contribution in [0.1, 0.15) is 5.56 Å². The highest BCUT2D eigenvalue weighted by atomic mass is 16.3. The molecule has 0 saturated carbocycles. The van der Waals surface area contributed by atoms with Crippen molar-refractivity contribution < 1.29 is 5.11 Å². The lowest BCUT2D eigenvalue weighted by Gasteiger charge is -2.01. The lowest BCUT2D eigenvalue weighted by molar-refractivity contribution is 0.473. The summed E-state index contributed by atoms with van der Waals surface area (Å²) in [5, 5.41) is 23.5. The lowest BCUT2D eigenvalue weighted by atomic mass is 10.1. The molecule has 0 aliphatic heterocycles. The van der Waals surface area contributed by atoms with Gasteiger partial charge in [0.25, 0.3) is 0 Å². The predicted octanol–water partition coefficient (Wildman–Crippen LogP) is 1.19. The number of hydrogen-bond donors (Lipinski definition) is 2. The van der Waals surface area contributed by atoms with Crippen LogP contribution in [0.15, 0.2) is 24.5 Å². The first kappa shape index (κ1) is 11.9. The van der Waals surface area contributed by atoms with Crippen LogP contribution in [0.4, 0.5) is 5.82 Å². The van der Waals surface area contributed by atoms with Crippen LogP contribution in [0, 0.1) is 11.3 Å². The summed E-state index contributed by atoms with van der Waals surface area (Å²) in [6.45, 7) is 0. The normalized spacial score (nSPS) is 10.6. The minimum absolute atomic E-state index is 0.0688. The van der Waals surface area contributed by atoms with Crippen LogP contribution in [-0.2, 0) is 7.05 Å². The van der Waals surface area contributed by atoms with Crippen molar-refractivity contribution in [1.82, 2.24) is 19.7 Å². The van der Waals surface area contributed by atoms with Crippen molar-refractivity contribution >= 4 is 16.9 Å². The zero-order valence-corrected chi connectivity index (χ0v) is 10.6. The van der Waals surface area contributed by atoms with E-state index in [4.69, 9.17) is 11.0 Å². The quantitative estimate of drug-likeness (QED) is 0.683. The number of aromatic hydroxyl groups is 1. The molecule has 0 aliphatic carbocycles. The Morgan fingerprint density at radius 1 is 1.35 bits per heavy atom. The van der Waals surface area contributed by atoms with Crippen LogP contribution in [-0.4, -0.2) is 24.9 Å². The minimum Gasteiger partial charge on any atom is -0.507 e. The summed E-state index contributed by atoms with van der Waals surface area (Å²) >= 11 is 0. The number of nitrogens with zero attached hydrogens (tertiary/aromatic N) is 5. The van der Waals surface area contributed by atoms with Crippen molar-refractivity contribution in [3.8, 4) is 23.1 Å². The highest BCUT2D eigenvalue weighted by Gasteiger charge is 2.16. The molecule has 0 atom stereocenters. The molecule has 98 valence electrons. The molecule has 0 spiro atoms. The zero-order chi connectivity index (χ0) is 14.3. The molecule has 0 aliphatic rings. The van der Waals surface area contributed by atoms with E-state index < -0.39 is 0 Å². The van der Waals surface area contributed by atoms with Crippen LogP contribution in [0.5, 0.6) is 5.75 Å². The van der Waals surface area contributed by atoms with Gasteiger partial charge in [-0.25, -0.2) is 14.6 Å². The molecule has 0 amide bonds. The van der Waals surface area contributed by atoms with Crippen LogP contribution in [0.2, 0.25) is 0 Å². The zero-order valence-electron chi connectivity index (χ0n) is 10.6. The number of nitrogens with two attached hydrogens (primary N) is 1. The Balaban J connectivity index is 2.33. The molecule has 0 unspecified atom stereocenters. The molecule has 0 radical (unpaired) electrons. The van der Waals surface area contributed by atoms with E-state index in [-0.39, 0.29) is 11.3 Å². The van der Waals surface area contributed by atoms with Gasteiger partial charge in [-0.05, 0) is 18.2 Å². The van der Waals surface area contributed by atoms with Crippen molar-refractivity contribution in [2.75, 3.05) is 5.73 Å². The second-order valence-electron chi connectivity index (χ2n) is 4.27. The van der Waals surface area contributed by atoms with Gasteiger partial charge in [0.05, 0.1) is 10.9 Å². The van der Waals surface area contributed by atoms with Crippen LogP contribution >= 0.6 is 0 Å². The molecule has 1 aromatic carbocycles. The highest BCUT2D eigenvalue weighted by Crippen LogP contribution is 2.31. The lowest BCUT2D eigenvalue weighted by Crippen LogP contribution is -1.95. The topological polar surface area (TPSA) is 114 Å². The van der Waals surface area contributed by atoms with Crippen LogP contribution in [0.25, 0.3) is 22.3 Å². The predicted molar refractivity (Wildman–Crippen MR) is 72.5 cm³/mol. The highest BCUT2D eigenvalue weighted by molar-refractivity contribution is 5.98. The molecular weight excluding hydrogens is 256 g/mol. The first-order valence-corrected chi connectivity index (χ1v) is 5.78. The number of rotatable bonds is 1. The van der Waals surface area contributed by atoms with E-state index in [2.05, 4.69) is 15.1 Å². The first-order valence-electron chi connectivity index (χ1n) is 5.78. The Labute approximate surface area is 113 Å². The number of anilines is 1. The maximum atomic E-state index is 9.56. The maximum absolute atomic E-state index is 9.56. The second-order valence-corrected chi connectivity index (χ2v) is 4.27. The minimum atomic E-state index is -0.0688. The van der Waals surface area contributed by atoms with Gasteiger partial charge in [-0.15, -0.1) is 0 Å². The molecular formula is C13H10N6O. The molecule has 2 heterocycles. The van der Waals surface area contributed by atoms with Crippen molar-refractivity contribution in [2.24, 2.45) is 7.05 Å². The molecule has 0 bridgehead atoms. The van der Waals surface area contributed by atoms with Gasteiger partial charge in [-0.3, -0.25) is 0 Å². The second kappa shape index (κ2) is 4.20. The maximum Gasteiger partial charge on any atom is 0.163 e. The third-order valence-corrected chi connectivity index (χ3v) is 3.04. The van der Waals surface area contributed by atoms with Crippen LogP contribution in [0.3, 0.4) is 0 Å². The number of aromatic nitrogens is 4. The monoisotopic (exact) mass is 266 g/mol. The molecule has 3 aromatic rings. The van der Waals surface area contributed by atoms with E-state index in [0.717, 1.165) is 0 Å². The summed E-state index contributed by atoms with van der Waals surface area (Å²) < 4.78 is 1.60. The van der Waals surface area contributed by atoms with E-state index in [0.29, 0.717) is 28.1 Å². The van der Waals surface area contributed by atoms with Crippen molar-refractivity contribution in [3.05, 3.63) is 30.1 Å². The van der Waals surface area contributed by atoms with Gasteiger partial charge in [0, 0.05) is 12.6 Å². The number of phenolic OH excluding ortho intramolecular Hbond substituents is 1. The third kappa shape index (κ3) is 1.63. The molecule has 0 saturated heterocycles. The standard InChI is InChI=1S/C13H10N6O/c1-19-13-10(12(15)16-6-17-13)11(18-19)7-2-3-9(20)8(4-7)5-14/h2-4,6,20H,1H3,(H2,15,16,17). The van der Waals surface area contributed by atoms with E-state index in [1.54, 1.807) is 23.9 Å². The number of aryl methyl sites for hydroxylation is 1. The fourth-order valence-electron chi connectivity index (χ4n) is 2.08. The summed E-state index contributed by atoms with van der Waals surface area (Å²) in [4.78, 5) is 8.11. The SMILES string of the molecule is Cn1nc(-c2ccc(O)c(C#N)c2)c2c(N)ncnc21. The molecule has 7 nitrogen and oxygen atoms in total. The number of phenols is 1. The summed E-state index contributed by atoms with van der Waals surface area (Å²) in [6.07, 6.45) is 1.38. The number of nitrogen functional groups attached to an aromatic ring is 1. The summed E-state index contributed by atoms with van der Waals surface area (Å²) in [7, 11) is 1.75. The van der Waals surface area contributed by atoms with Gasteiger partial charge >= 0.3 is 0 Å². The average molecular weight is 266 g/mol. The van der Waals surface area contributed by atoms with Gasteiger partial charge in [0.1, 0.15) is 29.7 Å². The first-order chi connectivity index (χ1) is 9.61. The fraction of sp³-hybridized carbons (Fsp3) is 0.0769. The fourth-order valence-corrected chi connectivity index (χ4v) is 2.08. The Kier molecular flexibility index (Phi) is 2.51. The molecule has 7 heteroatoms. The van der Waals surface area contributed by atoms with Gasteiger partial charge in [0.15, 0.2) is 5.65 Å². The number of hydrogen-bond acceptors (Lipinski definition) is 6. The van der Waals surface area contributed by atoms with E-state index in [1.807, 2.05) is 6.07 Å². The van der Waals surface area contributed by atoms with Gasteiger partial charge in [0.2, 0.25) is 0 Å². The van der Waals surface area contributed by atoms with E-state index >= 15 is 0 Å². The van der Waals surface area contributed by atoms with Gasteiger partial charge < -0.3 is 10.8 Å². The summed E-state index contributed by atoms with van der Waals surface area (Å²) in [5.41, 5.74) is 7.93. The van der Waals surface area contributed by atoms with Crippen molar-refractivity contribution in [2.45, 2.75) is 0 Å². The molecule has 20 heavy (non-hydrogen) atoms. The van der Waals surface area contributed by atoms with Crippen molar-refractivity contribution in [1.29, 1.82) is 5.26 Å². The Morgan fingerprint density at radius 3 is 2.90 bits per heavy atom. The van der Waals surface area contributed by atoms with Gasteiger partial charge in [-0.2, -0.15) is 10.4 Å². The summed E-state index contributed by atoms with van der Waals surface area (Å²) in [6, 6.07) is 6.61.